The van der Waals surface area contributed by atoms with Crippen LogP contribution in [0.25, 0.3) is 0 Å². The second kappa shape index (κ2) is 9.22. The van der Waals surface area contributed by atoms with E-state index in [0.717, 1.165) is 6.07 Å². The van der Waals surface area contributed by atoms with Gasteiger partial charge in [-0.1, -0.05) is 0 Å². The molecule has 0 aromatic heterocycles. The minimum absolute atomic E-state index is 0.205. The van der Waals surface area contributed by atoms with Gasteiger partial charge in [-0.25, -0.2) is 13.2 Å². The average molecular weight is 409 g/mol. The van der Waals surface area contributed by atoms with Crippen molar-refractivity contribution in [3.8, 4) is 5.75 Å². The molecule has 0 bridgehead atoms. The third kappa shape index (κ3) is 5.34. The van der Waals surface area contributed by atoms with Gasteiger partial charge >= 0.3 is 5.97 Å². The fourth-order valence-electron chi connectivity index (χ4n) is 2.44. The first-order chi connectivity index (χ1) is 13.6. The second-order valence-corrected chi connectivity index (χ2v) is 6.10. The van der Waals surface area contributed by atoms with E-state index in [4.69, 9.17) is 9.47 Å². The summed E-state index contributed by atoms with van der Waals surface area (Å²) < 4.78 is 50.0. The van der Waals surface area contributed by atoms with Crippen molar-refractivity contribution in [2.45, 2.75) is 26.4 Å². The van der Waals surface area contributed by atoms with Gasteiger partial charge in [0.05, 0.1) is 19.2 Å². The maximum absolute atomic E-state index is 13.6. The molecular formula is C20H18F3NO5. The number of carbonyl (C=O) groups excluding carboxylic acids is 3. The van der Waals surface area contributed by atoms with Gasteiger partial charge in [-0.3, -0.25) is 14.4 Å². The van der Waals surface area contributed by atoms with Crippen molar-refractivity contribution < 1.29 is 37.0 Å². The molecule has 2 rings (SSSR count). The summed E-state index contributed by atoms with van der Waals surface area (Å²) in [7, 11) is 1.39. The van der Waals surface area contributed by atoms with Crippen LogP contribution < -0.4 is 10.1 Å². The number of rotatable bonds is 7. The number of hydrogen-bond donors (Lipinski definition) is 1. The molecule has 0 aliphatic rings. The van der Waals surface area contributed by atoms with Gasteiger partial charge in [0.25, 0.3) is 5.91 Å². The van der Waals surface area contributed by atoms with E-state index in [2.05, 4.69) is 0 Å². The van der Waals surface area contributed by atoms with Crippen LogP contribution in [0, 0.1) is 17.5 Å². The Kier molecular flexibility index (Phi) is 6.98. The van der Waals surface area contributed by atoms with Crippen LogP contribution in [-0.4, -0.2) is 30.9 Å². The van der Waals surface area contributed by atoms with Crippen molar-refractivity contribution in [1.29, 1.82) is 0 Å². The molecule has 0 saturated carbocycles. The van der Waals surface area contributed by atoms with Crippen LogP contribution in [-0.2, 0) is 20.7 Å². The molecule has 9 heteroatoms. The Morgan fingerprint density at radius 2 is 1.76 bits per heavy atom. The number of esters is 1. The minimum atomic E-state index is -1.73. The van der Waals surface area contributed by atoms with Crippen LogP contribution in [0.2, 0.25) is 0 Å². The maximum atomic E-state index is 13.6. The van der Waals surface area contributed by atoms with Gasteiger partial charge < -0.3 is 14.8 Å². The monoisotopic (exact) mass is 409 g/mol. The summed E-state index contributed by atoms with van der Waals surface area (Å²) in [4.78, 5) is 35.7. The third-order valence-electron chi connectivity index (χ3n) is 3.99. The second-order valence-electron chi connectivity index (χ2n) is 6.10. The maximum Gasteiger partial charge on any atom is 0.311 e. The number of hydrogen-bond acceptors (Lipinski definition) is 5. The number of ketones is 1. The predicted molar refractivity (Wildman–Crippen MR) is 97.2 cm³/mol. The number of carbonyl (C=O) groups is 3. The molecule has 1 atom stereocenters. The van der Waals surface area contributed by atoms with Crippen LogP contribution >= 0.6 is 0 Å². The Morgan fingerprint density at radius 3 is 2.38 bits per heavy atom. The SMILES string of the molecule is COc1ccc(C(C)=O)cc1CC(=O)O[C@H](C)C(=O)Nc1ccc(F)c(F)c1F. The normalized spacial score (nSPS) is 11.5. The molecule has 0 aliphatic heterocycles. The molecule has 6 nitrogen and oxygen atoms in total. The highest BCUT2D eigenvalue weighted by molar-refractivity contribution is 5.96. The van der Waals surface area contributed by atoms with Gasteiger partial charge in [0, 0.05) is 11.1 Å². The Hall–Kier alpha value is -3.36. The highest BCUT2D eigenvalue weighted by Crippen LogP contribution is 2.22. The van der Waals surface area contributed by atoms with E-state index in [9.17, 15) is 27.6 Å². The largest absolute Gasteiger partial charge is 0.496 e. The number of anilines is 1. The molecule has 1 N–H and O–H groups in total. The van der Waals surface area contributed by atoms with Crippen molar-refractivity contribution in [1.82, 2.24) is 0 Å². The summed E-state index contributed by atoms with van der Waals surface area (Å²) in [5.41, 5.74) is 0.158. The van der Waals surface area contributed by atoms with Gasteiger partial charge in [0.1, 0.15) is 5.75 Å². The van der Waals surface area contributed by atoms with Crippen molar-refractivity contribution in [3.05, 3.63) is 58.9 Å². The van der Waals surface area contributed by atoms with Crippen molar-refractivity contribution in [3.63, 3.8) is 0 Å². The third-order valence-corrected chi connectivity index (χ3v) is 3.99. The number of amides is 1. The molecule has 29 heavy (non-hydrogen) atoms. The topological polar surface area (TPSA) is 81.7 Å². The molecule has 0 spiro atoms. The molecule has 1 amide bonds. The van der Waals surface area contributed by atoms with Crippen LogP contribution in [0.4, 0.5) is 18.9 Å². The van der Waals surface area contributed by atoms with Crippen LogP contribution in [0.5, 0.6) is 5.75 Å². The molecular weight excluding hydrogens is 391 g/mol. The molecule has 2 aromatic carbocycles. The predicted octanol–water partition coefficient (Wildman–Crippen LogP) is 3.43. The summed E-state index contributed by atoms with van der Waals surface area (Å²) >= 11 is 0. The molecule has 0 aliphatic carbocycles. The van der Waals surface area contributed by atoms with Crippen molar-refractivity contribution >= 4 is 23.3 Å². The molecule has 0 fully saturated rings. The zero-order valence-electron chi connectivity index (χ0n) is 15.8. The number of nitrogens with one attached hydrogen (secondary N) is 1. The highest BCUT2D eigenvalue weighted by Gasteiger charge is 2.22. The van der Waals surface area contributed by atoms with Crippen LogP contribution in [0.1, 0.15) is 29.8 Å². The van der Waals surface area contributed by atoms with Gasteiger partial charge in [-0.15, -0.1) is 0 Å². The standard InChI is InChI=1S/C20H18F3NO5/c1-10(25)12-4-7-16(28-3)13(8-12)9-17(26)29-11(2)20(27)24-15-6-5-14(21)18(22)19(15)23/h4-8,11H,9H2,1-3H3,(H,24,27)/t11-/m1/s1. The molecule has 0 saturated heterocycles. The quantitative estimate of drug-likeness (QED) is 0.431. The van der Waals surface area contributed by atoms with Crippen LogP contribution in [0.3, 0.4) is 0 Å². The molecule has 0 heterocycles. The number of benzene rings is 2. The molecule has 0 unspecified atom stereocenters. The summed E-state index contributed by atoms with van der Waals surface area (Å²) in [5, 5.41) is 2.03. The van der Waals surface area contributed by atoms with E-state index < -0.39 is 41.1 Å². The summed E-state index contributed by atoms with van der Waals surface area (Å²) in [6.07, 6.45) is -1.64. The Balaban J connectivity index is 2.05. The Bertz CT molecular complexity index is 961. The summed E-state index contributed by atoms with van der Waals surface area (Å²) in [5.74, 6) is -6.30. The lowest BCUT2D eigenvalue weighted by molar-refractivity contribution is -0.152. The van der Waals surface area contributed by atoms with E-state index >= 15 is 0 Å². The summed E-state index contributed by atoms with van der Waals surface area (Å²) in [6.45, 7) is 2.60. The highest BCUT2D eigenvalue weighted by atomic mass is 19.2. The van der Waals surface area contributed by atoms with Crippen LogP contribution in [0.15, 0.2) is 30.3 Å². The molecule has 154 valence electrons. The lowest BCUT2D eigenvalue weighted by Crippen LogP contribution is -2.31. The Morgan fingerprint density at radius 1 is 1.07 bits per heavy atom. The van der Waals surface area contributed by atoms with E-state index in [1.165, 1.54) is 33.1 Å². The van der Waals surface area contributed by atoms with E-state index in [1.807, 2.05) is 5.32 Å². The zero-order valence-corrected chi connectivity index (χ0v) is 15.8. The van der Waals surface area contributed by atoms with E-state index in [1.54, 1.807) is 6.07 Å². The van der Waals surface area contributed by atoms with Gasteiger partial charge in [-0.05, 0) is 44.2 Å². The minimum Gasteiger partial charge on any atom is -0.496 e. The number of halogens is 3. The van der Waals surface area contributed by atoms with Crippen molar-refractivity contribution in [2.24, 2.45) is 0 Å². The first kappa shape index (κ1) is 21.9. The number of Topliss-reactive ketones (excluding diaryl/α,β-unsaturated/α-hetero) is 1. The van der Waals surface area contributed by atoms with E-state index in [0.29, 0.717) is 22.9 Å². The first-order valence-corrected chi connectivity index (χ1v) is 8.45. The zero-order chi connectivity index (χ0) is 21.7. The lowest BCUT2D eigenvalue weighted by Gasteiger charge is -2.15. The number of methoxy groups -OCH3 is 1. The fraction of sp³-hybridized carbons (Fsp3) is 0.250. The molecule has 2 aromatic rings. The summed E-state index contributed by atoms with van der Waals surface area (Å²) in [6, 6.07) is 6.05. The molecule has 0 radical (unpaired) electrons. The smallest absolute Gasteiger partial charge is 0.311 e. The van der Waals surface area contributed by atoms with Gasteiger partial charge in [0.2, 0.25) is 0 Å². The average Bonchev–Trinajstić information content (AvgIpc) is 2.68. The van der Waals surface area contributed by atoms with Gasteiger partial charge in [-0.2, -0.15) is 0 Å². The fourth-order valence-corrected chi connectivity index (χ4v) is 2.44. The van der Waals surface area contributed by atoms with E-state index in [-0.39, 0.29) is 12.2 Å². The number of ether oxygens (including phenoxy) is 2. The van der Waals surface area contributed by atoms with Gasteiger partial charge in [0.15, 0.2) is 29.3 Å². The Labute approximate surface area is 164 Å². The lowest BCUT2D eigenvalue weighted by atomic mass is 10.0. The first-order valence-electron chi connectivity index (χ1n) is 8.45. The van der Waals surface area contributed by atoms with Crippen molar-refractivity contribution in [2.75, 3.05) is 12.4 Å².